The summed E-state index contributed by atoms with van der Waals surface area (Å²) in [4.78, 5) is 26.6. The molecule has 1 unspecified atom stereocenters. The minimum atomic E-state index is -0.784. The smallest absolute Gasteiger partial charge is 0.243 e. The lowest BCUT2D eigenvalue weighted by molar-refractivity contribution is -0.135. The van der Waals surface area contributed by atoms with Gasteiger partial charge in [0, 0.05) is 24.8 Å². The van der Waals surface area contributed by atoms with E-state index in [-0.39, 0.29) is 24.3 Å². The van der Waals surface area contributed by atoms with Crippen LogP contribution in [0.15, 0.2) is 65.8 Å². The molecule has 33 heavy (non-hydrogen) atoms. The molecule has 8 nitrogen and oxygen atoms in total. The number of benzene rings is 3. The number of rotatable bonds is 6. The van der Waals surface area contributed by atoms with Gasteiger partial charge in [0.05, 0.1) is 26.5 Å². The molecule has 8 heteroatoms. The Morgan fingerprint density at radius 1 is 1.00 bits per heavy atom. The lowest BCUT2D eigenvalue weighted by atomic mass is 10.1. The molecule has 0 fully saturated rings. The topological polar surface area (TPSA) is 80.7 Å². The largest absolute Gasteiger partial charge is 0.493 e. The maximum atomic E-state index is 12.7. The minimum Gasteiger partial charge on any atom is -0.493 e. The van der Waals surface area contributed by atoms with Crippen molar-refractivity contribution in [3.05, 3.63) is 66.2 Å². The summed E-state index contributed by atoms with van der Waals surface area (Å²) in [6.45, 7) is 3.02. The second-order valence-electron chi connectivity index (χ2n) is 7.54. The molecule has 0 aromatic heterocycles. The molecule has 1 heterocycles. The summed E-state index contributed by atoms with van der Waals surface area (Å²) in [7, 11) is 3.09. The van der Waals surface area contributed by atoms with Gasteiger partial charge in [-0.05, 0) is 29.7 Å². The van der Waals surface area contributed by atoms with Crippen molar-refractivity contribution in [1.29, 1.82) is 0 Å². The first-order valence-electron chi connectivity index (χ1n) is 10.5. The van der Waals surface area contributed by atoms with E-state index in [1.54, 1.807) is 37.3 Å². The van der Waals surface area contributed by atoms with Crippen molar-refractivity contribution >= 4 is 34.2 Å². The fourth-order valence-electron chi connectivity index (χ4n) is 3.84. The average molecular weight is 447 g/mol. The second-order valence-corrected chi connectivity index (χ2v) is 7.54. The predicted molar refractivity (Wildman–Crippen MR) is 125 cm³/mol. The molecule has 3 aromatic carbocycles. The van der Waals surface area contributed by atoms with Crippen LogP contribution in [0.3, 0.4) is 0 Å². The zero-order valence-electron chi connectivity index (χ0n) is 18.9. The monoisotopic (exact) mass is 447 g/mol. The van der Waals surface area contributed by atoms with Crippen LogP contribution in [0, 0.1) is 0 Å². The fraction of sp³-hybridized carbons (Fsp3) is 0.240. The van der Waals surface area contributed by atoms with E-state index in [9.17, 15) is 9.59 Å². The molecule has 0 radical (unpaired) electrons. The maximum absolute atomic E-state index is 12.7. The summed E-state index contributed by atoms with van der Waals surface area (Å²) in [5.74, 6) is 0.881. The molecular weight excluding hydrogens is 422 g/mol. The van der Waals surface area contributed by atoms with Crippen molar-refractivity contribution in [2.24, 2.45) is 5.10 Å². The highest BCUT2D eigenvalue weighted by Gasteiger charge is 2.35. The fourth-order valence-corrected chi connectivity index (χ4v) is 3.84. The van der Waals surface area contributed by atoms with Crippen LogP contribution in [0.2, 0.25) is 0 Å². The highest BCUT2D eigenvalue weighted by Crippen LogP contribution is 2.31. The molecule has 0 aliphatic carbocycles. The molecule has 170 valence electrons. The predicted octanol–water partition coefficient (Wildman–Crippen LogP) is 3.78. The van der Waals surface area contributed by atoms with Crippen LogP contribution in [-0.4, -0.2) is 49.7 Å². The summed E-state index contributed by atoms with van der Waals surface area (Å²) in [5.41, 5.74) is 1.37. The number of nitrogens with zero attached hydrogens (tertiary/aromatic N) is 3. The first kappa shape index (κ1) is 22.1. The molecule has 0 spiro atoms. The van der Waals surface area contributed by atoms with E-state index in [2.05, 4.69) is 5.10 Å². The normalized spacial score (nSPS) is 15.1. The Kier molecular flexibility index (Phi) is 6.17. The number of carbonyl (C=O) groups excluding carboxylic acids is 2. The van der Waals surface area contributed by atoms with Crippen LogP contribution in [0.5, 0.6) is 11.5 Å². The lowest BCUT2D eigenvalue weighted by Gasteiger charge is -2.28. The Morgan fingerprint density at radius 3 is 2.42 bits per heavy atom. The van der Waals surface area contributed by atoms with Gasteiger partial charge in [-0.25, -0.2) is 0 Å². The first-order chi connectivity index (χ1) is 15.9. The standard InChI is InChI=1S/C25H25N3O5/c1-16(29)27(21-11-7-9-18-8-5-6-10-20(18)21)15-24-28(17(2)30)26-25(33-24)19-12-13-22(31-3)23(14-19)32-4/h5-14,24H,15H2,1-4H3. The molecule has 0 saturated carbocycles. The number of anilines is 1. The molecule has 1 aliphatic heterocycles. The van der Waals surface area contributed by atoms with Crippen LogP contribution < -0.4 is 14.4 Å². The van der Waals surface area contributed by atoms with Crippen molar-refractivity contribution in [2.45, 2.75) is 20.1 Å². The quantitative estimate of drug-likeness (QED) is 0.575. The zero-order chi connectivity index (χ0) is 23.5. The summed E-state index contributed by atoms with van der Waals surface area (Å²) < 4.78 is 16.7. The summed E-state index contributed by atoms with van der Waals surface area (Å²) in [6, 6.07) is 18.8. The number of methoxy groups -OCH3 is 2. The van der Waals surface area contributed by atoms with E-state index >= 15 is 0 Å². The van der Waals surface area contributed by atoms with Crippen molar-refractivity contribution in [3.8, 4) is 11.5 Å². The molecule has 0 bridgehead atoms. The van der Waals surface area contributed by atoms with Crippen LogP contribution in [0.4, 0.5) is 5.69 Å². The molecule has 4 rings (SSSR count). The number of hydrogen-bond acceptors (Lipinski definition) is 6. The van der Waals surface area contributed by atoms with E-state index in [1.165, 1.54) is 18.9 Å². The molecule has 1 aliphatic rings. The molecule has 2 amide bonds. The molecule has 0 saturated heterocycles. The van der Waals surface area contributed by atoms with Gasteiger partial charge < -0.3 is 19.1 Å². The third-order valence-electron chi connectivity index (χ3n) is 5.45. The summed E-state index contributed by atoms with van der Waals surface area (Å²) in [6.07, 6.45) is -0.784. The van der Waals surface area contributed by atoms with Crippen LogP contribution in [0.25, 0.3) is 10.8 Å². The Hall–Kier alpha value is -4.07. The SMILES string of the molecule is COc1ccc(C2=NN(C(C)=O)C(CN(C(C)=O)c3cccc4ccccc34)O2)cc1OC. The molecule has 0 N–H and O–H groups in total. The van der Waals surface area contributed by atoms with Gasteiger partial charge in [-0.3, -0.25) is 9.59 Å². The Bertz CT molecular complexity index is 1230. The number of carbonyl (C=O) groups is 2. The van der Waals surface area contributed by atoms with Gasteiger partial charge in [0.1, 0.15) is 0 Å². The highest BCUT2D eigenvalue weighted by atomic mass is 16.5. The number of ether oxygens (including phenoxy) is 3. The van der Waals surface area contributed by atoms with Crippen molar-refractivity contribution in [1.82, 2.24) is 5.01 Å². The third-order valence-corrected chi connectivity index (χ3v) is 5.45. The van der Waals surface area contributed by atoms with Gasteiger partial charge in [-0.1, -0.05) is 36.4 Å². The second kappa shape index (κ2) is 9.20. The number of amides is 2. The van der Waals surface area contributed by atoms with Gasteiger partial charge in [-0.2, -0.15) is 5.01 Å². The van der Waals surface area contributed by atoms with E-state index in [0.717, 1.165) is 16.5 Å². The molecule has 3 aromatic rings. The summed E-state index contributed by atoms with van der Waals surface area (Å²) >= 11 is 0. The first-order valence-corrected chi connectivity index (χ1v) is 10.5. The van der Waals surface area contributed by atoms with E-state index < -0.39 is 6.23 Å². The average Bonchev–Trinajstić information content (AvgIpc) is 3.26. The van der Waals surface area contributed by atoms with Gasteiger partial charge in [0.25, 0.3) is 0 Å². The summed E-state index contributed by atoms with van der Waals surface area (Å²) in [5, 5.41) is 7.59. The van der Waals surface area contributed by atoms with Crippen LogP contribution >= 0.6 is 0 Å². The molecular formula is C25H25N3O5. The van der Waals surface area contributed by atoms with Crippen molar-refractivity contribution < 1.29 is 23.8 Å². The van der Waals surface area contributed by atoms with Gasteiger partial charge in [0.15, 0.2) is 11.5 Å². The maximum Gasteiger partial charge on any atom is 0.243 e. The van der Waals surface area contributed by atoms with E-state index in [1.807, 2.05) is 42.5 Å². The third kappa shape index (κ3) is 4.32. The van der Waals surface area contributed by atoms with E-state index in [4.69, 9.17) is 14.2 Å². The van der Waals surface area contributed by atoms with E-state index in [0.29, 0.717) is 17.1 Å². The van der Waals surface area contributed by atoms with Gasteiger partial charge in [-0.15, -0.1) is 5.10 Å². The minimum absolute atomic E-state index is 0.114. The Balaban J connectivity index is 1.66. The number of hydrazone groups is 1. The zero-order valence-corrected chi connectivity index (χ0v) is 18.9. The van der Waals surface area contributed by atoms with Gasteiger partial charge >= 0.3 is 0 Å². The van der Waals surface area contributed by atoms with Crippen molar-refractivity contribution in [3.63, 3.8) is 0 Å². The van der Waals surface area contributed by atoms with Gasteiger partial charge in [0.2, 0.25) is 23.9 Å². The van der Waals surface area contributed by atoms with Crippen LogP contribution in [-0.2, 0) is 14.3 Å². The molecule has 1 atom stereocenters. The Morgan fingerprint density at radius 2 is 1.73 bits per heavy atom. The lowest BCUT2D eigenvalue weighted by Crippen LogP contribution is -2.44. The highest BCUT2D eigenvalue weighted by molar-refractivity contribution is 6.03. The van der Waals surface area contributed by atoms with Crippen LogP contribution in [0.1, 0.15) is 19.4 Å². The number of fused-ring (bicyclic) bond motifs is 1. The Labute approximate surface area is 191 Å². The van der Waals surface area contributed by atoms with Crippen molar-refractivity contribution in [2.75, 3.05) is 25.7 Å². The number of hydrogen-bond donors (Lipinski definition) is 0.